The predicted octanol–water partition coefficient (Wildman–Crippen LogP) is 0.0712. The first kappa shape index (κ1) is 11.6. The van der Waals surface area contributed by atoms with Crippen LogP contribution >= 0.6 is 23.1 Å². The minimum atomic E-state index is 0.113. The van der Waals surface area contributed by atoms with Crippen molar-refractivity contribution in [2.45, 2.75) is 4.34 Å². The van der Waals surface area contributed by atoms with Gasteiger partial charge in [0.25, 0.3) is 0 Å². The number of nitrogens with two attached hydrogens (primary N) is 1. The molecular weight excluding hydrogens is 248 g/mol. The number of anilines is 1. The summed E-state index contributed by atoms with van der Waals surface area (Å²) in [6, 6.07) is 0. The lowest BCUT2D eigenvalue weighted by Crippen LogP contribution is -2.41. The van der Waals surface area contributed by atoms with Gasteiger partial charge in [0, 0.05) is 13.1 Å². The molecule has 0 aromatic carbocycles. The van der Waals surface area contributed by atoms with Gasteiger partial charge in [-0.1, -0.05) is 23.1 Å². The normalized spacial score (nSPS) is 16.4. The number of nitrogens with zero attached hydrogens (tertiary/aromatic N) is 3. The van der Waals surface area contributed by atoms with Gasteiger partial charge in [0.2, 0.25) is 11.0 Å². The highest BCUT2D eigenvalue weighted by Gasteiger charge is 2.17. The number of thioether (sulfide) groups is 1. The van der Waals surface area contributed by atoms with Gasteiger partial charge < -0.3 is 15.4 Å². The third kappa shape index (κ3) is 3.06. The number of rotatable bonds is 3. The Morgan fingerprint density at radius 1 is 1.50 bits per heavy atom. The number of nitrogen functional groups attached to an aromatic ring is 1. The lowest BCUT2D eigenvalue weighted by atomic mass is 10.4. The molecule has 0 spiro atoms. The fourth-order valence-electron chi connectivity index (χ4n) is 1.31. The minimum absolute atomic E-state index is 0.113. The molecule has 1 fully saturated rings. The van der Waals surface area contributed by atoms with Gasteiger partial charge in [-0.2, -0.15) is 0 Å². The number of ether oxygens (including phenoxy) is 1. The summed E-state index contributed by atoms with van der Waals surface area (Å²) in [6.45, 7) is 2.61. The zero-order chi connectivity index (χ0) is 11.4. The minimum Gasteiger partial charge on any atom is -0.378 e. The molecule has 1 aromatic heterocycles. The fourth-order valence-corrected chi connectivity index (χ4v) is 2.85. The molecule has 0 radical (unpaired) electrons. The van der Waals surface area contributed by atoms with E-state index >= 15 is 0 Å². The van der Waals surface area contributed by atoms with E-state index in [-0.39, 0.29) is 5.91 Å². The number of carbonyl (C=O) groups excluding carboxylic acids is 1. The van der Waals surface area contributed by atoms with E-state index in [0.717, 1.165) is 4.34 Å². The summed E-state index contributed by atoms with van der Waals surface area (Å²) in [6.07, 6.45) is 0. The highest BCUT2D eigenvalue weighted by atomic mass is 32.2. The molecule has 1 aliphatic rings. The number of aromatic nitrogens is 2. The molecule has 0 unspecified atom stereocenters. The second kappa shape index (κ2) is 5.46. The van der Waals surface area contributed by atoms with Crippen molar-refractivity contribution in [3.05, 3.63) is 0 Å². The summed E-state index contributed by atoms with van der Waals surface area (Å²) in [5, 5.41) is 7.96. The van der Waals surface area contributed by atoms with Crippen molar-refractivity contribution in [2.24, 2.45) is 0 Å². The monoisotopic (exact) mass is 260 g/mol. The van der Waals surface area contributed by atoms with E-state index in [1.807, 2.05) is 0 Å². The van der Waals surface area contributed by atoms with Gasteiger partial charge in [0.15, 0.2) is 4.34 Å². The summed E-state index contributed by atoms with van der Waals surface area (Å²) < 4.78 is 5.91. The van der Waals surface area contributed by atoms with Crippen LogP contribution in [0.4, 0.5) is 5.13 Å². The van der Waals surface area contributed by atoms with Crippen LogP contribution in [-0.4, -0.2) is 53.1 Å². The third-order valence-electron chi connectivity index (χ3n) is 2.10. The summed E-state index contributed by atoms with van der Waals surface area (Å²) in [4.78, 5) is 13.6. The van der Waals surface area contributed by atoms with Gasteiger partial charge in [-0.25, -0.2) is 0 Å². The number of hydrogen-bond acceptors (Lipinski definition) is 7. The Morgan fingerprint density at radius 2 is 2.25 bits per heavy atom. The predicted molar refractivity (Wildman–Crippen MR) is 62.4 cm³/mol. The van der Waals surface area contributed by atoms with Crippen LogP contribution in [0.3, 0.4) is 0 Å². The molecule has 1 aromatic rings. The lowest BCUT2D eigenvalue weighted by molar-refractivity contribution is -0.132. The molecular formula is C8H12N4O2S2. The van der Waals surface area contributed by atoms with E-state index < -0.39 is 0 Å². The van der Waals surface area contributed by atoms with Gasteiger partial charge in [0.05, 0.1) is 19.0 Å². The van der Waals surface area contributed by atoms with E-state index in [9.17, 15) is 4.79 Å². The molecule has 2 heterocycles. The van der Waals surface area contributed by atoms with Crippen LogP contribution in [-0.2, 0) is 9.53 Å². The zero-order valence-corrected chi connectivity index (χ0v) is 10.2. The van der Waals surface area contributed by atoms with Crippen LogP contribution in [0.1, 0.15) is 0 Å². The molecule has 88 valence electrons. The molecule has 0 bridgehead atoms. The van der Waals surface area contributed by atoms with Crippen LogP contribution in [0.5, 0.6) is 0 Å². The van der Waals surface area contributed by atoms with Crippen molar-refractivity contribution < 1.29 is 9.53 Å². The van der Waals surface area contributed by atoms with Crippen LogP contribution in [0.25, 0.3) is 0 Å². The van der Waals surface area contributed by atoms with Crippen molar-refractivity contribution in [1.82, 2.24) is 15.1 Å². The first-order chi connectivity index (χ1) is 7.75. The molecule has 8 heteroatoms. The highest BCUT2D eigenvalue weighted by Crippen LogP contribution is 2.23. The number of morpholine rings is 1. The maximum Gasteiger partial charge on any atom is 0.233 e. The Bertz CT molecular complexity index is 365. The molecule has 1 aliphatic heterocycles. The van der Waals surface area contributed by atoms with E-state index in [1.54, 1.807) is 4.90 Å². The molecule has 1 amide bonds. The molecule has 16 heavy (non-hydrogen) atoms. The Hall–Kier alpha value is -0.860. The Kier molecular flexibility index (Phi) is 3.97. The second-order valence-electron chi connectivity index (χ2n) is 3.19. The standard InChI is InChI=1S/C8H12N4O2S2/c9-7-10-11-8(16-7)15-5-6(13)12-1-3-14-4-2-12/h1-5H2,(H2,9,10). The summed E-state index contributed by atoms with van der Waals surface area (Å²) in [5.74, 6) is 0.497. The van der Waals surface area contributed by atoms with E-state index in [2.05, 4.69) is 10.2 Å². The molecule has 0 saturated carbocycles. The van der Waals surface area contributed by atoms with Crippen molar-refractivity contribution >= 4 is 34.1 Å². The van der Waals surface area contributed by atoms with Gasteiger partial charge in [0.1, 0.15) is 0 Å². The van der Waals surface area contributed by atoms with Crippen LogP contribution < -0.4 is 5.73 Å². The van der Waals surface area contributed by atoms with Crippen molar-refractivity contribution in [1.29, 1.82) is 0 Å². The maximum absolute atomic E-state index is 11.8. The highest BCUT2D eigenvalue weighted by molar-refractivity contribution is 8.01. The number of carbonyl (C=O) groups is 1. The van der Waals surface area contributed by atoms with Gasteiger partial charge in [-0.15, -0.1) is 10.2 Å². The average Bonchev–Trinajstić information content (AvgIpc) is 2.73. The molecule has 0 aliphatic carbocycles. The average molecular weight is 260 g/mol. The summed E-state index contributed by atoms with van der Waals surface area (Å²) in [5.41, 5.74) is 5.45. The van der Waals surface area contributed by atoms with Crippen LogP contribution in [0.15, 0.2) is 4.34 Å². The second-order valence-corrected chi connectivity index (χ2v) is 5.42. The summed E-state index contributed by atoms with van der Waals surface area (Å²) in [7, 11) is 0. The first-order valence-electron chi connectivity index (χ1n) is 4.83. The summed E-state index contributed by atoms with van der Waals surface area (Å²) >= 11 is 2.68. The Morgan fingerprint density at radius 3 is 2.88 bits per heavy atom. The number of amides is 1. The van der Waals surface area contributed by atoms with E-state index in [0.29, 0.717) is 37.2 Å². The van der Waals surface area contributed by atoms with Crippen molar-refractivity contribution in [3.8, 4) is 0 Å². The Balaban J connectivity index is 1.78. The van der Waals surface area contributed by atoms with Gasteiger partial charge in [-0.05, 0) is 0 Å². The van der Waals surface area contributed by atoms with Crippen molar-refractivity contribution in [2.75, 3.05) is 37.8 Å². The first-order valence-corrected chi connectivity index (χ1v) is 6.63. The zero-order valence-electron chi connectivity index (χ0n) is 8.59. The fraction of sp³-hybridized carbons (Fsp3) is 0.625. The van der Waals surface area contributed by atoms with Gasteiger partial charge in [-0.3, -0.25) is 4.79 Å². The molecule has 1 saturated heterocycles. The largest absolute Gasteiger partial charge is 0.378 e. The quantitative estimate of drug-likeness (QED) is 0.775. The maximum atomic E-state index is 11.8. The van der Waals surface area contributed by atoms with E-state index in [1.165, 1.54) is 23.1 Å². The van der Waals surface area contributed by atoms with E-state index in [4.69, 9.17) is 10.5 Å². The van der Waals surface area contributed by atoms with Crippen LogP contribution in [0, 0.1) is 0 Å². The topological polar surface area (TPSA) is 81.3 Å². The van der Waals surface area contributed by atoms with Crippen molar-refractivity contribution in [3.63, 3.8) is 0 Å². The Labute approximate surface area is 101 Å². The number of hydrogen-bond donors (Lipinski definition) is 1. The molecule has 6 nitrogen and oxygen atoms in total. The molecule has 0 atom stereocenters. The third-order valence-corrected chi connectivity index (χ3v) is 3.98. The lowest BCUT2D eigenvalue weighted by Gasteiger charge is -2.26. The van der Waals surface area contributed by atoms with Gasteiger partial charge >= 0.3 is 0 Å². The molecule has 2 N–H and O–H groups in total. The molecule has 2 rings (SSSR count). The smallest absolute Gasteiger partial charge is 0.233 e. The SMILES string of the molecule is Nc1nnc(SCC(=O)N2CCOCC2)s1. The van der Waals surface area contributed by atoms with Crippen LogP contribution in [0.2, 0.25) is 0 Å².